The summed E-state index contributed by atoms with van der Waals surface area (Å²) in [5, 5.41) is 3.54. The standard InChI is InChI=1S/C21H21ClN2O3/c22-17-7-6-14-8-9-24(13-16(14)11-17)21(26)15-3-1-4-18(12-15)23-20(25)19-5-2-10-27-19/h1,3-4,6-7,11-12,19H,2,5,8-10,13H2,(H,23,25). The summed E-state index contributed by atoms with van der Waals surface area (Å²) >= 11 is 6.09. The maximum Gasteiger partial charge on any atom is 0.254 e. The molecule has 0 radical (unpaired) electrons. The number of fused-ring (bicyclic) bond motifs is 1. The second kappa shape index (κ2) is 7.71. The van der Waals surface area contributed by atoms with Crippen molar-refractivity contribution in [1.29, 1.82) is 0 Å². The number of benzene rings is 2. The van der Waals surface area contributed by atoms with Crippen LogP contribution in [0.15, 0.2) is 42.5 Å². The normalized spacial score (nSPS) is 18.9. The highest BCUT2D eigenvalue weighted by Crippen LogP contribution is 2.24. The van der Waals surface area contributed by atoms with Crippen molar-refractivity contribution in [2.24, 2.45) is 0 Å². The SMILES string of the molecule is O=C(Nc1cccc(C(=O)N2CCc3ccc(Cl)cc3C2)c1)C1CCCO1. The summed E-state index contributed by atoms with van der Waals surface area (Å²) in [6.07, 6.45) is 2.05. The number of nitrogens with zero attached hydrogens (tertiary/aromatic N) is 1. The summed E-state index contributed by atoms with van der Waals surface area (Å²) in [5.41, 5.74) is 3.50. The van der Waals surface area contributed by atoms with Crippen LogP contribution in [0.5, 0.6) is 0 Å². The summed E-state index contributed by atoms with van der Waals surface area (Å²) in [6.45, 7) is 1.83. The molecule has 1 saturated heterocycles. The predicted molar refractivity (Wildman–Crippen MR) is 104 cm³/mol. The molecule has 0 spiro atoms. The fraction of sp³-hybridized carbons (Fsp3) is 0.333. The number of carbonyl (C=O) groups is 2. The molecule has 1 N–H and O–H groups in total. The number of carbonyl (C=O) groups excluding carboxylic acids is 2. The lowest BCUT2D eigenvalue weighted by molar-refractivity contribution is -0.124. The smallest absolute Gasteiger partial charge is 0.254 e. The van der Waals surface area contributed by atoms with Crippen molar-refractivity contribution in [3.05, 3.63) is 64.2 Å². The number of amides is 2. The van der Waals surface area contributed by atoms with Gasteiger partial charge in [-0.1, -0.05) is 23.7 Å². The molecule has 0 aliphatic carbocycles. The van der Waals surface area contributed by atoms with Crippen molar-refractivity contribution in [2.45, 2.75) is 31.9 Å². The lowest BCUT2D eigenvalue weighted by Gasteiger charge is -2.29. The molecular formula is C21H21ClN2O3. The van der Waals surface area contributed by atoms with Gasteiger partial charge < -0.3 is 15.0 Å². The summed E-state index contributed by atoms with van der Waals surface area (Å²) in [5.74, 6) is -0.201. The Morgan fingerprint density at radius 2 is 2.04 bits per heavy atom. The quantitative estimate of drug-likeness (QED) is 0.878. The van der Waals surface area contributed by atoms with Gasteiger partial charge in [-0.2, -0.15) is 0 Å². The van der Waals surface area contributed by atoms with Gasteiger partial charge in [0.25, 0.3) is 11.8 Å². The molecule has 1 fully saturated rings. The molecule has 2 aromatic rings. The molecule has 2 aliphatic heterocycles. The summed E-state index contributed by atoms with van der Waals surface area (Å²) in [7, 11) is 0. The lowest BCUT2D eigenvalue weighted by atomic mass is 9.99. The minimum atomic E-state index is -0.396. The van der Waals surface area contributed by atoms with Crippen molar-refractivity contribution in [3.63, 3.8) is 0 Å². The number of nitrogens with one attached hydrogen (secondary N) is 1. The number of ether oxygens (including phenoxy) is 1. The van der Waals surface area contributed by atoms with E-state index in [1.54, 1.807) is 24.3 Å². The Kier molecular flexibility index (Phi) is 5.14. The maximum absolute atomic E-state index is 12.9. The van der Waals surface area contributed by atoms with Gasteiger partial charge in [-0.05, 0) is 60.7 Å². The van der Waals surface area contributed by atoms with Gasteiger partial charge in [0.05, 0.1) is 0 Å². The molecule has 1 unspecified atom stereocenters. The highest BCUT2D eigenvalue weighted by Gasteiger charge is 2.25. The largest absolute Gasteiger partial charge is 0.368 e. The molecule has 0 bridgehead atoms. The Hall–Kier alpha value is -2.37. The van der Waals surface area contributed by atoms with E-state index < -0.39 is 6.10 Å². The molecule has 140 valence electrons. The molecule has 1 atom stereocenters. The van der Waals surface area contributed by atoms with Crippen LogP contribution < -0.4 is 5.32 Å². The van der Waals surface area contributed by atoms with Crippen LogP contribution in [0.3, 0.4) is 0 Å². The fourth-order valence-electron chi connectivity index (χ4n) is 3.62. The summed E-state index contributed by atoms with van der Waals surface area (Å²) < 4.78 is 5.40. The predicted octanol–water partition coefficient (Wildman–Crippen LogP) is 3.66. The highest BCUT2D eigenvalue weighted by molar-refractivity contribution is 6.30. The zero-order valence-electron chi connectivity index (χ0n) is 14.9. The van der Waals surface area contributed by atoms with Crippen LogP contribution in [0.2, 0.25) is 5.02 Å². The highest BCUT2D eigenvalue weighted by atomic mass is 35.5. The Bertz CT molecular complexity index is 877. The van der Waals surface area contributed by atoms with Crippen molar-refractivity contribution in [2.75, 3.05) is 18.5 Å². The third-order valence-corrected chi connectivity index (χ3v) is 5.30. The van der Waals surface area contributed by atoms with E-state index in [2.05, 4.69) is 5.32 Å². The van der Waals surface area contributed by atoms with E-state index >= 15 is 0 Å². The Morgan fingerprint density at radius 3 is 2.85 bits per heavy atom. The topological polar surface area (TPSA) is 58.6 Å². The average molecular weight is 385 g/mol. The number of hydrogen-bond donors (Lipinski definition) is 1. The van der Waals surface area contributed by atoms with E-state index in [0.717, 1.165) is 24.8 Å². The first kappa shape index (κ1) is 18.0. The second-order valence-electron chi connectivity index (χ2n) is 6.96. The molecule has 2 amide bonds. The molecule has 0 aromatic heterocycles. The van der Waals surface area contributed by atoms with Crippen LogP contribution in [-0.2, 0) is 22.5 Å². The van der Waals surface area contributed by atoms with Crippen molar-refractivity contribution < 1.29 is 14.3 Å². The number of halogens is 1. The minimum absolute atomic E-state index is 0.0474. The van der Waals surface area contributed by atoms with Crippen LogP contribution >= 0.6 is 11.6 Å². The van der Waals surface area contributed by atoms with Crippen LogP contribution in [0.4, 0.5) is 5.69 Å². The molecule has 2 aromatic carbocycles. The maximum atomic E-state index is 12.9. The van der Waals surface area contributed by atoms with Crippen LogP contribution in [0.25, 0.3) is 0 Å². The molecule has 2 heterocycles. The average Bonchev–Trinajstić information content (AvgIpc) is 3.22. The van der Waals surface area contributed by atoms with Crippen LogP contribution in [0, 0.1) is 0 Å². The number of rotatable bonds is 3. The first-order valence-electron chi connectivity index (χ1n) is 9.19. The third-order valence-electron chi connectivity index (χ3n) is 5.07. The van der Waals surface area contributed by atoms with Gasteiger partial charge in [0.2, 0.25) is 0 Å². The van der Waals surface area contributed by atoms with E-state index in [1.807, 2.05) is 23.1 Å². The molecule has 5 nitrogen and oxygen atoms in total. The van der Waals surface area contributed by atoms with E-state index in [0.29, 0.717) is 36.0 Å². The van der Waals surface area contributed by atoms with Gasteiger partial charge >= 0.3 is 0 Å². The summed E-state index contributed by atoms with van der Waals surface area (Å²) in [4.78, 5) is 27.0. The van der Waals surface area contributed by atoms with Crippen molar-refractivity contribution >= 4 is 29.1 Å². The van der Waals surface area contributed by atoms with Crippen LogP contribution in [-0.4, -0.2) is 36.0 Å². The molecule has 4 rings (SSSR count). The Balaban J connectivity index is 1.47. The minimum Gasteiger partial charge on any atom is -0.368 e. The first-order chi connectivity index (χ1) is 13.1. The van der Waals surface area contributed by atoms with Gasteiger partial charge in [0, 0.05) is 36.0 Å². The van der Waals surface area contributed by atoms with Gasteiger partial charge in [0.15, 0.2) is 0 Å². The van der Waals surface area contributed by atoms with Gasteiger partial charge in [-0.3, -0.25) is 9.59 Å². The molecule has 0 saturated carbocycles. The van der Waals surface area contributed by atoms with E-state index in [-0.39, 0.29) is 11.8 Å². The Morgan fingerprint density at radius 1 is 1.15 bits per heavy atom. The van der Waals surface area contributed by atoms with Gasteiger partial charge in [0.1, 0.15) is 6.10 Å². The number of hydrogen-bond acceptors (Lipinski definition) is 3. The summed E-state index contributed by atoms with van der Waals surface area (Å²) in [6, 6.07) is 12.9. The molecule has 27 heavy (non-hydrogen) atoms. The van der Waals surface area contributed by atoms with Gasteiger partial charge in [-0.25, -0.2) is 0 Å². The molecular weight excluding hydrogens is 364 g/mol. The zero-order valence-corrected chi connectivity index (χ0v) is 15.7. The first-order valence-corrected chi connectivity index (χ1v) is 9.57. The van der Waals surface area contributed by atoms with Gasteiger partial charge in [-0.15, -0.1) is 0 Å². The molecule has 2 aliphatic rings. The third kappa shape index (κ3) is 3.99. The Labute approximate surface area is 163 Å². The lowest BCUT2D eigenvalue weighted by Crippen LogP contribution is -2.36. The second-order valence-corrected chi connectivity index (χ2v) is 7.40. The van der Waals surface area contributed by atoms with E-state index in [1.165, 1.54) is 5.56 Å². The molecule has 6 heteroatoms. The number of anilines is 1. The zero-order chi connectivity index (χ0) is 18.8. The van der Waals surface area contributed by atoms with E-state index in [9.17, 15) is 9.59 Å². The van der Waals surface area contributed by atoms with E-state index in [4.69, 9.17) is 16.3 Å². The van der Waals surface area contributed by atoms with Crippen molar-refractivity contribution in [1.82, 2.24) is 4.90 Å². The fourth-order valence-corrected chi connectivity index (χ4v) is 3.81. The van der Waals surface area contributed by atoms with Crippen LogP contribution in [0.1, 0.15) is 34.3 Å². The van der Waals surface area contributed by atoms with Crippen molar-refractivity contribution in [3.8, 4) is 0 Å². The monoisotopic (exact) mass is 384 g/mol.